The summed E-state index contributed by atoms with van der Waals surface area (Å²) < 4.78 is 43.5. The van der Waals surface area contributed by atoms with Gasteiger partial charge in [0.1, 0.15) is 5.76 Å². The maximum absolute atomic E-state index is 13.3. The lowest BCUT2D eigenvalue weighted by molar-refractivity contribution is -0.135. The molecule has 2 amide bonds. The number of nitrogens with zero attached hydrogens (tertiary/aromatic N) is 1. The SMILES string of the molecule is C=C/C=C\C(=C/C(=C)C(=N)CC(F)(F)F)C(=C)O/C=C(\C)C(=O)N/C(=C/NC)C(=N)N1CCC2(CCC(O)CC2)C1=O. The summed E-state index contributed by atoms with van der Waals surface area (Å²) in [5, 5.41) is 31.5. The number of amides is 2. The number of carbonyl (C=O) groups is 2. The third-order valence-electron chi connectivity index (χ3n) is 7.05. The third kappa shape index (κ3) is 9.16. The fourth-order valence-electron chi connectivity index (χ4n) is 4.59. The Bertz CT molecular complexity index is 1250. The number of aliphatic hydroxyl groups excluding tert-OH is 1. The average molecular weight is 590 g/mol. The minimum atomic E-state index is -4.56. The number of amidine groups is 1. The third-order valence-corrected chi connectivity index (χ3v) is 7.05. The molecule has 9 nitrogen and oxygen atoms in total. The first-order chi connectivity index (χ1) is 19.6. The van der Waals surface area contributed by atoms with Gasteiger partial charge in [-0.3, -0.25) is 19.9 Å². The van der Waals surface area contributed by atoms with E-state index in [2.05, 4.69) is 30.4 Å². The van der Waals surface area contributed by atoms with Crippen molar-refractivity contribution in [3.05, 3.63) is 84.7 Å². The molecule has 2 aliphatic rings. The molecule has 42 heavy (non-hydrogen) atoms. The van der Waals surface area contributed by atoms with Crippen molar-refractivity contribution in [1.29, 1.82) is 10.8 Å². The molecule has 0 aromatic heterocycles. The van der Waals surface area contributed by atoms with Gasteiger partial charge in [-0.2, -0.15) is 13.2 Å². The van der Waals surface area contributed by atoms with Gasteiger partial charge in [0.05, 0.1) is 29.9 Å². The second-order valence-corrected chi connectivity index (χ2v) is 10.2. The zero-order valence-electron chi connectivity index (χ0n) is 23.9. The highest BCUT2D eigenvalue weighted by Gasteiger charge is 2.49. The molecule has 0 aromatic carbocycles. The zero-order valence-corrected chi connectivity index (χ0v) is 23.9. The van der Waals surface area contributed by atoms with Crippen LogP contribution in [0.15, 0.2) is 84.7 Å². The lowest BCUT2D eigenvalue weighted by atomic mass is 9.72. The van der Waals surface area contributed by atoms with Gasteiger partial charge < -0.3 is 25.9 Å². The molecule has 1 saturated carbocycles. The second kappa shape index (κ2) is 14.6. The molecule has 0 bridgehead atoms. The number of rotatable bonds is 12. The quantitative estimate of drug-likeness (QED) is 0.0723. The van der Waals surface area contributed by atoms with Crippen LogP contribution < -0.4 is 10.6 Å². The molecule has 1 heterocycles. The average Bonchev–Trinajstić information content (AvgIpc) is 3.24. The Morgan fingerprint density at radius 1 is 1.24 bits per heavy atom. The van der Waals surface area contributed by atoms with Crippen LogP contribution in [0.4, 0.5) is 13.2 Å². The summed E-state index contributed by atoms with van der Waals surface area (Å²) in [6.45, 7) is 12.6. The lowest BCUT2D eigenvalue weighted by Gasteiger charge is -2.34. The lowest BCUT2D eigenvalue weighted by Crippen LogP contribution is -2.44. The van der Waals surface area contributed by atoms with E-state index in [-0.39, 0.29) is 39.9 Å². The Labute approximate surface area is 243 Å². The van der Waals surface area contributed by atoms with E-state index in [1.54, 1.807) is 7.05 Å². The topological polar surface area (TPSA) is 139 Å². The summed E-state index contributed by atoms with van der Waals surface area (Å²) in [5.74, 6) is -1.05. The molecule has 228 valence electrons. The van der Waals surface area contributed by atoms with Gasteiger partial charge in [-0.25, -0.2) is 0 Å². The van der Waals surface area contributed by atoms with Crippen molar-refractivity contribution >= 4 is 23.4 Å². The molecule has 1 aliphatic carbocycles. The van der Waals surface area contributed by atoms with E-state index in [0.717, 1.165) is 6.26 Å². The summed E-state index contributed by atoms with van der Waals surface area (Å²) in [7, 11) is 1.58. The van der Waals surface area contributed by atoms with Crippen molar-refractivity contribution in [3.63, 3.8) is 0 Å². The van der Waals surface area contributed by atoms with E-state index < -0.39 is 35.7 Å². The monoisotopic (exact) mass is 589 g/mol. The molecule has 5 N–H and O–H groups in total. The number of nitrogens with one attached hydrogen (secondary N) is 4. The van der Waals surface area contributed by atoms with Crippen LogP contribution in [0.2, 0.25) is 0 Å². The van der Waals surface area contributed by atoms with Gasteiger partial charge in [0.25, 0.3) is 5.91 Å². The number of hydrogen-bond acceptors (Lipinski definition) is 7. The zero-order chi connectivity index (χ0) is 31.7. The van der Waals surface area contributed by atoms with Crippen LogP contribution in [0.5, 0.6) is 0 Å². The van der Waals surface area contributed by atoms with Gasteiger partial charge >= 0.3 is 6.18 Å². The Kier molecular flexibility index (Phi) is 11.8. The van der Waals surface area contributed by atoms with E-state index in [9.17, 15) is 27.9 Å². The molecular weight excluding hydrogens is 551 g/mol. The summed E-state index contributed by atoms with van der Waals surface area (Å²) >= 11 is 0. The molecule has 0 unspecified atom stereocenters. The minimum absolute atomic E-state index is 0.0366. The summed E-state index contributed by atoms with van der Waals surface area (Å²) in [6.07, 6.45) is 4.34. The van der Waals surface area contributed by atoms with Crippen molar-refractivity contribution < 1.29 is 32.6 Å². The molecule has 0 aromatic rings. The van der Waals surface area contributed by atoms with Crippen LogP contribution in [0.25, 0.3) is 0 Å². The largest absolute Gasteiger partial charge is 0.465 e. The van der Waals surface area contributed by atoms with Crippen molar-refractivity contribution in [2.24, 2.45) is 5.41 Å². The number of alkyl halides is 3. The number of ether oxygens (including phenoxy) is 1. The Hall–Kier alpha value is -4.19. The van der Waals surface area contributed by atoms with E-state index >= 15 is 0 Å². The van der Waals surface area contributed by atoms with Crippen molar-refractivity contribution in [2.45, 2.75) is 57.7 Å². The molecule has 0 atom stereocenters. The maximum Gasteiger partial charge on any atom is 0.394 e. The van der Waals surface area contributed by atoms with E-state index in [0.29, 0.717) is 38.6 Å². The summed E-state index contributed by atoms with van der Waals surface area (Å²) in [6, 6.07) is 0. The smallest absolute Gasteiger partial charge is 0.394 e. The van der Waals surface area contributed by atoms with Crippen molar-refractivity contribution in [1.82, 2.24) is 15.5 Å². The first kappa shape index (κ1) is 34.0. The molecule has 0 radical (unpaired) electrons. The molecule has 1 saturated heterocycles. The number of hydrogen-bond donors (Lipinski definition) is 5. The number of halogens is 3. The number of likely N-dealkylation sites (tertiary alicyclic amines) is 1. The fourth-order valence-corrected chi connectivity index (χ4v) is 4.59. The van der Waals surface area contributed by atoms with E-state index in [1.807, 2.05) is 0 Å². The van der Waals surface area contributed by atoms with Crippen LogP contribution in [0.3, 0.4) is 0 Å². The van der Waals surface area contributed by atoms with Gasteiger partial charge in [0.15, 0.2) is 5.84 Å². The van der Waals surface area contributed by atoms with Crippen LogP contribution >= 0.6 is 0 Å². The van der Waals surface area contributed by atoms with E-state index in [4.69, 9.17) is 15.6 Å². The normalized spacial score (nSPS) is 21.9. The number of aliphatic hydroxyl groups is 1. The molecule has 1 aliphatic heterocycles. The highest BCUT2D eigenvalue weighted by Crippen LogP contribution is 2.45. The molecule has 2 fully saturated rings. The fraction of sp³-hybridized carbons (Fsp3) is 0.400. The molecule has 1 spiro atoms. The predicted molar refractivity (Wildman–Crippen MR) is 155 cm³/mol. The summed E-state index contributed by atoms with van der Waals surface area (Å²) in [5.41, 5.74) is -1.20. The van der Waals surface area contributed by atoms with Crippen LogP contribution in [-0.2, 0) is 14.3 Å². The van der Waals surface area contributed by atoms with Gasteiger partial charge in [-0.1, -0.05) is 38.0 Å². The van der Waals surface area contributed by atoms with Crippen molar-refractivity contribution in [3.8, 4) is 0 Å². The molecular formula is C30H38F3N5O4. The second-order valence-electron chi connectivity index (χ2n) is 10.2. The van der Waals surface area contributed by atoms with E-state index in [1.165, 1.54) is 42.3 Å². The Balaban J connectivity index is 2.12. The Morgan fingerprint density at radius 2 is 1.88 bits per heavy atom. The van der Waals surface area contributed by atoms with Gasteiger partial charge in [0.2, 0.25) is 5.91 Å². The van der Waals surface area contributed by atoms with Crippen LogP contribution in [0.1, 0.15) is 45.4 Å². The van der Waals surface area contributed by atoms with Gasteiger partial charge in [-0.15, -0.1) is 0 Å². The molecule has 2 rings (SSSR count). The highest BCUT2D eigenvalue weighted by molar-refractivity contribution is 6.10. The van der Waals surface area contributed by atoms with Crippen molar-refractivity contribution in [2.75, 3.05) is 13.6 Å². The molecule has 12 heteroatoms. The van der Waals surface area contributed by atoms with Gasteiger partial charge in [-0.05, 0) is 50.7 Å². The standard InChI is InChI=1S/C30H38F3N5O4/c1-6-7-8-22(15-19(2)24(34)16-30(31,32)33)21(4)42-18-20(3)27(40)37-25(17-36-5)26(35)38-14-13-29(28(38)41)11-9-23(39)10-12-29/h6-8,15,17-18,23,34-36,39H,1-2,4,9-14,16H2,3,5H3,(H,37,40)/b8-7-,20-18+,22-15+,25-17+,34-24?,35-26?. The van der Waals surface area contributed by atoms with Gasteiger partial charge in [0, 0.05) is 36.7 Å². The van der Waals surface area contributed by atoms with Crippen LogP contribution in [0, 0.1) is 16.2 Å². The number of allylic oxidation sites excluding steroid dienone is 5. The predicted octanol–water partition coefficient (Wildman–Crippen LogP) is 4.93. The first-order valence-electron chi connectivity index (χ1n) is 13.3. The Morgan fingerprint density at radius 3 is 2.45 bits per heavy atom. The summed E-state index contributed by atoms with van der Waals surface area (Å²) in [4.78, 5) is 27.5. The minimum Gasteiger partial charge on any atom is -0.465 e. The maximum atomic E-state index is 13.3. The first-order valence-corrected chi connectivity index (χ1v) is 13.3. The highest BCUT2D eigenvalue weighted by atomic mass is 19.4. The van der Waals surface area contributed by atoms with Crippen LogP contribution in [-0.4, -0.2) is 59.2 Å². The number of carbonyl (C=O) groups excluding carboxylic acids is 2.